The second kappa shape index (κ2) is 7.40. The average molecular weight is 391 g/mol. The van der Waals surface area contributed by atoms with Gasteiger partial charge in [0.2, 0.25) is 0 Å². The van der Waals surface area contributed by atoms with Crippen LogP contribution in [0, 0.1) is 5.92 Å². The number of carboxylic acids is 1. The third kappa shape index (κ3) is 3.50. The molecule has 26 heavy (non-hydrogen) atoms. The number of amides is 1. The maximum atomic E-state index is 12.8. The van der Waals surface area contributed by atoms with Crippen LogP contribution in [0.5, 0.6) is 0 Å². The fourth-order valence-electron chi connectivity index (χ4n) is 3.46. The normalized spacial score (nSPS) is 20.1. The highest BCUT2D eigenvalue weighted by molar-refractivity contribution is 8.26. The number of aliphatic carboxylic acids is 1. The van der Waals surface area contributed by atoms with E-state index < -0.39 is 12.0 Å². The minimum atomic E-state index is -1.03. The number of carbonyl (C=O) groups excluding carboxylic acids is 1. The zero-order chi connectivity index (χ0) is 19.0. The fourth-order valence-corrected chi connectivity index (χ4v) is 4.79. The number of carbonyl (C=O) groups is 2. The summed E-state index contributed by atoms with van der Waals surface area (Å²) in [5, 5.41) is 9.49. The molecule has 1 saturated heterocycles. The summed E-state index contributed by atoms with van der Waals surface area (Å²) >= 11 is 6.47. The Kier molecular flexibility index (Phi) is 5.39. The standard InChI is InChI=1S/C19H22N2O3S2/c1-11(2)16(18(23)24)21-17(22)15(26-19(21)25)10-12-6-7-14-13(9-12)5-4-8-20(14)3/h6-7,9-11,16H,4-5,8H2,1-3H3,(H,23,24). The molecule has 0 saturated carbocycles. The van der Waals surface area contributed by atoms with E-state index in [0.29, 0.717) is 9.23 Å². The van der Waals surface area contributed by atoms with E-state index in [0.717, 1.165) is 24.9 Å². The molecule has 0 aromatic heterocycles. The van der Waals surface area contributed by atoms with Crippen molar-refractivity contribution in [3.8, 4) is 0 Å². The van der Waals surface area contributed by atoms with Crippen LogP contribution in [-0.4, -0.2) is 45.8 Å². The lowest BCUT2D eigenvalue weighted by atomic mass is 9.99. The maximum absolute atomic E-state index is 12.8. The number of rotatable bonds is 4. The molecule has 2 aliphatic rings. The molecule has 7 heteroatoms. The Morgan fingerprint density at radius 3 is 2.77 bits per heavy atom. The van der Waals surface area contributed by atoms with Crippen LogP contribution in [0.3, 0.4) is 0 Å². The molecule has 1 unspecified atom stereocenters. The first-order valence-corrected chi connectivity index (χ1v) is 9.86. The highest BCUT2D eigenvalue weighted by atomic mass is 32.2. The van der Waals surface area contributed by atoms with E-state index in [1.807, 2.05) is 12.1 Å². The SMILES string of the molecule is CC(C)C(C(=O)O)N1C(=O)C(=Cc2ccc3c(c2)CCCN3C)SC1=S. The van der Waals surface area contributed by atoms with Crippen LogP contribution >= 0.6 is 24.0 Å². The summed E-state index contributed by atoms with van der Waals surface area (Å²) < 4.78 is 0.306. The van der Waals surface area contributed by atoms with Crippen molar-refractivity contribution in [1.82, 2.24) is 4.90 Å². The van der Waals surface area contributed by atoms with Gasteiger partial charge < -0.3 is 10.0 Å². The van der Waals surface area contributed by atoms with Gasteiger partial charge in [0.1, 0.15) is 10.4 Å². The van der Waals surface area contributed by atoms with Crippen LogP contribution in [0.15, 0.2) is 23.1 Å². The predicted octanol–water partition coefficient (Wildman–Crippen LogP) is 3.38. The van der Waals surface area contributed by atoms with Gasteiger partial charge in [-0.05, 0) is 48.1 Å². The fraction of sp³-hybridized carbons (Fsp3) is 0.421. The lowest BCUT2D eigenvalue weighted by Crippen LogP contribution is -2.47. The highest BCUT2D eigenvalue weighted by Crippen LogP contribution is 2.36. The summed E-state index contributed by atoms with van der Waals surface area (Å²) in [5.41, 5.74) is 3.44. The predicted molar refractivity (Wildman–Crippen MR) is 109 cm³/mol. The summed E-state index contributed by atoms with van der Waals surface area (Å²) in [7, 11) is 2.08. The molecule has 1 aromatic carbocycles. The molecule has 1 N–H and O–H groups in total. The minimum Gasteiger partial charge on any atom is -0.480 e. The van der Waals surface area contributed by atoms with E-state index >= 15 is 0 Å². The van der Waals surface area contributed by atoms with Gasteiger partial charge in [0.25, 0.3) is 5.91 Å². The molecule has 1 aromatic rings. The van der Waals surface area contributed by atoms with Crippen molar-refractivity contribution in [1.29, 1.82) is 0 Å². The van der Waals surface area contributed by atoms with E-state index in [-0.39, 0.29) is 11.8 Å². The van der Waals surface area contributed by atoms with Crippen LogP contribution in [0.1, 0.15) is 31.4 Å². The Morgan fingerprint density at radius 2 is 2.12 bits per heavy atom. The van der Waals surface area contributed by atoms with E-state index in [4.69, 9.17) is 12.2 Å². The number of hydrogen-bond donors (Lipinski definition) is 1. The number of nitrogens with zero attached hydrogens (tertiary/aromatic N) is 2. The third-order valence-electron chi connectivity index (χ3n) is 4.74. The topological polar surface area (TPSA) is 60.9 Å². The van der Waals surface area contributed by atoms with E-state index in [1.165, 1.54) is 27.9 Å². The molecule has 0 radical (unpaired) electrons. The zero-order valence-corrected chi connectivity index (χ0v) is 16.7. The lowest BCUT2D eigenvalue weighted by Gasteiger charge is -2.27. The van der Waals surface area contributed by atoms with Gasteiger partial charge in [0.05, 0.1) is 4.91 Å². The van der Waals surface area contributed by atoms with Crippen molar-refractivity contribution in [3.05, 3.63) is 34.2 Å². The number of thiocarbonyl (C=S) groups is 1. The van der Waals surface area contributed by atoms with Gasteiger partial charge in [-0.15, -0.1) is 0 Å². The maximum Gasteiger partial charge on any atom is 0.327 e. The summed E-state index contributed by atoms with van der Waals surface area (Å²) in [6.45, 7) is 4.61. The summed E-state index contributed by atoms with van der Waals surface area (Å²) in [4.78, 5) is 28.3. The number of hydrogen-bond acceptors (Lipinski definition) is 5. The Morgan fingerprint density at radius 1 is 1.38 bits per heavy atom. The van der Waals surface area contributed by atoms with Gasteiger partial charge in [-0.1, -0.05) is 43.9 Å². The van der Waals surface area contributed by atoms with Gasteiger partial charge in [0.15, 0.2) is 0 Å². The van der Waals surface area contributed by atoms with Crippen molar-refractivity contribution in [2.24, 2.45) is 5.92 Å². The average Bonchev–Trinajstić information content (AvgIpc) is 2.82. The number of aryl methyl sites for hydroxylation is 1. The van der Waals surface area contributed by atoms with Gasteiger partial charge >= 0.3 is 5.97 Å². The molecule has 138 valence electrons. The van der Waals surface area contributed by atoms with Crippen LogP contribution in [0.2, 0.25) is 0 Å². The molecule has 1 amide bonds. The number of carboxylic acid groups (broad SMARTS) is 1. The van der Waals surface area contributed by atoms with Crippen molar-refractivity contribution < 1.29 is 14.7 Å². The summed E-state index contributed by atoms with van der Waals surface area (Å²) in [5.74, 6) is -1.58. The Bertz CT molecular complexity index is 804. The molecule has 2 heterocycles. The lowest BCUT2D eigenvalue weighted by molar-refractivity contribution is -0.146. The van der Waals surface area contributed by atoms with Gasteiger partial charge in [0, 0.05) is 19.3 Å². The van der Waals surface area contributed by atoms with Crippen molar-refractivity contribution >= 4 is 51.9 Å². The van der Waals surface area contributed by atoms with Crippen LogP contribution in [0.4, 0.5) is 5.69 Å². The second-order valence-electron chi connectivity index (χ2n) is 6.99. The van der Waals surface area contributed by atoms with Gasteiger partial charge in [-0.3, -0.25) is 9.69 Å². The molecule has 0 aliphatic carbocycles. The van der Waals surface area contributed by atoms with Crippen molar-refractivity contribution in [3.63, 3.8) is 0 Å². The van der Waals surface area contributed by atoms with Crippen molar-refractivity contribution in [2.75, 3.05) is 18.5 Å². The van der Waals surface area contributed by atoms with E-state index in [2.05, 4.69) is 24.1 Å². The highest BCUT2D eigenvalue weighted by Gasteiger charge is 2.41. The quantitative estimate of drug-likeness (QED) is 0.628. The van der Waals surface area contributed by atoms with Crippen LogP contribution in [-0.2, 0) is 16.0 Å². The number of thioether (sulfide) groups is 1. The monoisotopic (exact) mass is 390 g/mol. The molecule has 0 spiro atoms. The summed E-state index contributed by atoms with van der Waals surface area (Å²) in [6, 6.07) is 5.24. The molecule has 1 atom stereocenters. The minimum absolute atomic E-state index is 0.228. The molecular formula is C19H22N2O3S2. The number of benzene rings is 1. The van der Waals surface area contributed by atoms with E-state index in [1.54, 1.807) is 13.8 Å². The molecule has 1 fully saturated rings. The first-order valence-electron chi connectivity index (χ1n) is 8.63. The Balaban J connectivity index is 1.90. The Labute approximate surface area is 163 Å². The molecule has 5 nitrogen and oxygen atoms in total. The zero-order valence-electron chi connectivity index (χ0n) is 15.1. The molecule has 3 rings (SSSR count). The molecule has 0 bridgehead atoms. The van der Waals surface area contributed by atoms with Gasteiger partial charge in [-0.2, -0.15) is 0 Å². The summed E-state index contributed by atoms with van der Waals surface area (Å²) in [6.07, 6.45) is 3.95. The first kappa shape index (κ1) is 18.9. The largest absolute Gasteiger partial charge is 0.480 e. The Hall–Kier alpha value is -1.86. The van der Waals surface area contributed by atoms with Crippen LogP contribution in [0.25, 0.3) is 6.08 Å². The van der Waals surface area contributed by atoms with Crippen molar-refractivity contribution in [2.45, 2.75) is 32.7 Å². The first-order chi connectivity index (χ1) is 12.3. The van der Waals surface area contributed by atoms with E-state index in [9.17, 15) is 14.7 Å². The molecular weight excluding hydrogens is 368 g/mol. The third-order valence-corrected chi connectivity index (χ3v) is 6.07. The smallest absolute Gasteiger partial charge is 0.327 e. The van der Waals surface area contributed by atoms with Crippen LogP contribution < -0.4 is 4.90 Å². The second-order valence-corrected chi connectivity index (χ2v) is 8.67. The number of anilines is 1. The number of fused-ring (bicyclic) bond motifs is 1. The van der Waals surface area contributed by atoms with Gasteiger partial charge in [-0.25, -0.2) is 4.79 Å². The molecule has 2 aliphatic heterocycles.